The van der Waals surface area contributed by atoms with E-state index in [2.05, 4.69) is 15.7 Å². The number of aliphatic hydroxyl groups excluding tert-OH is 1. The van der Waals surface area contributed by atoms with E-state index >= 15 is 0 Å². The zero-order valence-corrected chi connectivity index (χ0v) is 14.1. The Labute approximate surface area is 136 Å². The van der Waals surface area contributed by atoms with E-state index in [1.807, 2.05) is 56.6 Å². The van der Waals surface area contributed by atoms with Gasteiger partial charge in [-0.15, -0.1) is 0 Å². The number of carbonyl (C=O) groups is 1. The van der Waals surface area contributed by atoms with Crippen LogP contribution in [0.15, 0.2) is 24.3 Å². The normalized spacial score (nSPS) is 12.0. The smallest absolute Gasteiger partial charge is 0.319 e. The van der Waals surface area contributed by atoms with Gasteiger partial charge < -0.3 is 15.7 Å². The van der Waals surface area contributed by atoms with Crippen molar-refractivity contribution in [3.05, 3.63) is 46.8 Å². The molecule has 0 saturated heterocycles. The third kappa shape index (κ3) is 4.10. The zero-order valence-electron chi connectivity index (χ0n) is 14.1. The molecule has 0 bridgehead atoms. The van der Waals surface area contributed by atoms with Gasteiger partial charge in [0.15, 0.2) is 0 Å². The highest BCUT2D eigenvalue weighted by molar-refractivity contribution is 5.90. The van der Waals surface area contributed by atoms with Gasteiger partial charge >= 0.3 is 6.03 Å². The highest BCUT2D eigenvalue weighted by Crippen LogP contribution is 2.19. The SMILES string of the molecule is CCn1nc(C)c(NC(=O)NCC(O)c2cccc(C)c2)c1C. The fourth-order valence-corrected chi connectivity index (χ4v) is 2.53. The largest absolute Gasteiger partial charge is 0.387 e. The summed E-state index contributed by atoms with van der Waals surface area (Å²) in [6, 6.07) is 7.26. The van der Waals surface area contributed by atoms with Crippen LogP contribution in [0.1, 0.15) is 35.5 Å². The van der Waals surface area contributed by atoms with E-state index in [0.29, 0.717) is 0 Å². The highest BCUT2D eigenvalue weighted by Gasteiger charge is 2.14. The lowest BCUT2D eigenvalue weighted by atomic mass is 10.1. The van der Waals surface area contributed by atoms with Crippen molar-refractivity contribution in [3.63, 3.8) is 0 Å². The number of aliphatic hydroxyl groups is 1. The van der Waals surface area contributed by atoms with Gasteiger partial charge in [0.1, 0.15) is 0 Å². The maximum absolute atomic E-state index is 12.0. The van der Waals surface area contributed by atoms with Crippen LogP contribution in [0.2, 0.25) is 0 Å². The molecule has 124 valence electrons. The highest BCUT2D eigenvalue weighted by atomic mass is 16.3. The van der Waals surface area contributed by atoms with Crippen molar-refractivity contribution in [1.82, 2.24) is 15.1 Å². The summed E-state index contributed by atoms with van der Waals surface area (Å²) in [7, 11) is 0. The van der Waals surface area contributed by atoms with Crippen LogP contribution < -0.4 is 10.6 Å². The van der Waals surface area contributed by atoms with Gasteiger partial charge in [-0.3, -0.25) is 4.68 Å². The van der Waals surface area contributed by atoms with Crippen LogP contribution >= 0.6 is 0 Å². The van der Waals surface area contributed by atoms with Gasteiger partial charge in [0.2, 0.25) is 0 Å². The van der Waals surface area contributed by atoms with Crippen molar-refractivity contribution >= 4 is 11.7 Å². The van der Waals surface area contributed by atoms with Crippen molar-refractivity contribution in [2.45, 2.75) is 40.3 Å². The number of urea groups is 1. The molecule has 0 aliphatic heterocycles. The first-order chi connectivity index (χ1) is 10.9. The van der Waals surface area contributed by atoms with E-state index in [-0.39, 0.29) is 12.6 Å². The molecule has 2 aromatic rings. The molecular weight excluding hydrogens is 292 g/mol. The summed E-state index contributed by atoms with van der Waals surface area (Å²) >= 11 is 0. The molecule has 1 aromatic carbocycles. The second-order valence-electron chi connectivity index (χ2n) is 5.63. The van der Waals surface area contributed by atoms with Gasteiger partial charge in [-0.2, -0.15) is 5.10 Å². The molecule has 2 rings (SSSR count). The number of carbonyl (C=O) groups excluding carboxylic acids is 1. The lowest BCUT2D eigenvalue weighted by Gasteiger charge is -2.13. The van der Waals surface area contributed by atoms with Gasteiger partial charge in [0.05, 0.1) is 23.2 Å². The lowest BCUT2D eigenvalue weighted by Crippen LogP contribution is -2.32. The van der Waals surface area contributed by atoms with Crippen LogP contribution in [-0.2, 0) is 6.54 Å². The van der Waals surface area contributed by atoms with E-state index in [4.69, 9.17) is 0 Å². The Balaban J connectivity index is 1.94. The maximum Gasteiger partial charge on any atom is 0.319 e. The Morgan fingerprint density at radius 2 is 2.09 bits per heavy atom. The average molecular weight is 316 g/mol. The van der Waals surface area contributed by atoms with Crippen molar-refractivity contribution in [2.24, 2.45) is 0 Å². The van der Waals surface area contributed by atoms with Crippen LogP contribution in [0, 0.1) is 20.8 Å². The molecule has 6 nitrogen and oxygen atoms in total. The molecule has 6 heteroatoms. The second-order valence-corrected chi connectivity index (χ2v) is 5.63. The molecule has 23 heavy (non-hydrogen) atoms. The first-order valence-electron chi connectivity index (χ1n) is 7.75. The van der Waals surface area contributed by atoms with Crippen molar-refractivity contribution in [3.8, 4) is 0 Å². The van der Waals surface area contributed by atoms with Gasteiger partial charge in [0.25, 0.3) is 0 Å². The molecule has 2 amide bonds. The predicted molar refractivity (Wildman–Crippen MR) is 90.5 cm³/mol. The lowest BCUT2D eigenvalue weighted by molar-refractivity contribution is 0.175. The van der Waals surface area contributed by atoms with Gasteiger partial charge in [-0.1, -0.05) is 29.8 Å². The number of aryl methyl sites for hydroxylation is 3. The molecule has 1 aromatic heterocycles. The Bertz CT molecular complexity index is 694. The maximum atomic E-state index is 12.0. The fraction of sp³-hybridized carbons (Fsp3) is 0.412. The Kier molecular flexibility index (Phi) is 5.39. The number of amides is 2. The number of hydrogen-bond donors (Lipinski definition) is 3. The van der Waals surface area contributed by atoms with Crippen LogP contribution in [0.25, 0.3) is 0 Å². The Morgan fingerprint density at radius 3 is 2.70 bits per heavy atom. The van der Waals surface area contributed by atoms with Crippen molar-refractivity contribution in [1.29, 1.82) is 0 Å². The molecule has 0 spiro atoms. The third-order valence-corrected chi connectivity index (χ3v) is 3.80. The summed E-state index contributed by atoms with van der Waals surface area (Å²) in [4.78, 5) is 12.0. The van der Waals surface area contributed by atoms with E-state index in [9.17, 15) is 9.90 Å². The summed E-state index contributed by atoms with van der Waals surface area (Å²) in [6.45, 7) is 8.64. The van der Waals surface area contributed by atoms with Crippen molar-refractivity contribution in [2.75, 3.05) is 11.9 Å². The van der Waals surface area contributed by atoms with E-state index in [0.717, 1.165) is 34.7 Å². The molecule has 0 aliphatic carbocycles. The molecular formula is C17H24N4O2. The van der Waals surface area contributed by atoms with Crippen LogP contribution in [0.5, 0.6) is 0 Å². The molecule has 0 radical (unpaired) electrons. The average Bonchev–Trinajstić information content (AvgIpc) is 2.80. The first-order valence-corrected chi connectivity index (χ1v) is 7.75. The standard InChI is InChI=1S/C17H24N4O2/c1-5-21-13(4)16(12(3)20-21)19-17(23)18-10-15(22)14-8-6-7-11(2)9-14/h6-9,15,22H,5,10H2,1-4H3,(H2,18,19,23). The molecule has 1 heterocycles. The topological polar surface area (TPSA) is 79.2 Å². The number of rotatable bonds is 5. The molecule has 1 atom stereocenters. The third-order valence-electron chi connectivity index (χ3n) is 3.80. The van der Waals surface area contributed by atoms with E-state index in [1.165, 1.54) is 0 Å². The Hall–Kier alpha value is -2.34. The number of nitrogens with one attached hydrogen (secondary N) is 2. The van der Waals surface area contributed by atoms with Gasteiger partial charge in [-0.05, 0) is 33.3 Å². The fourth-order valence-electron chi connectivity index (χ4n) is 2.53. The molecule has 1 unspecified atom stereocenters. The molecule has 3 N–H and O–H groups in total. The van der Waals surface area contributed by atoms with E-state index < -0.39 is 6.10 Å². The number of benzene rings is 1. The zero-order chi connectivity index (χ0) is 17.0. The van der Waals surface area contributed by atoms with Gasteiger partial charge in [-0.25, -0.2) is 4.79 Å². The van der Waals surface area contributed by atoms with Crippen molar-refractivity contribution < 1.29 is 9.90 Å². The number of anilines is 1. The van der Waals surface area contributed by atoms with E-state index in [1.54, 1.807) is 0 Å². The van der Waals surface area contributed by atoms with Crippen LogP contribution in [0.3, 0.4) is 0 Å². The molecule has 0 aliphatic rings. The number of nitrogens with zero attached hydrogens (tertiary/aromatic N) is 2. The summed E-state index contributed by atoms with van der Waals surface area (Å²) < 4.78 is 1.84. The Morgan fingerprint density at radius 1 is 1.35 bits per heavy atom. The number of hydrogen-bond acceptors (Lipinski definition) is 3. The van der Waals surface area contributed by atoms with Crippen LogP contribution in [-0.4, -0.2) is 27.5 Å². The molecule has 0 fully saturated rings. The van der Waals surface area contributed by atoms with Gasteiger partial charge in [0, 0.05) is 13.1 Å². The number of aromatic nitrogens is 2. The first kappa shape index (κ1) is 17.0. The minimum atomic E-state index is -0.735. The predicted octanol–water partition coefficient (Wildman–Crippen LogP) is 2.68. The summed E-state index contributed by atoms with van der Waals surface area (Å²) in [6.07, 6.45) is -0.735. The second kappa shape index (κ2) is 7.28. The molecule has 0 saturated carbocycles. The quantitative estimate of drug-likeness (QED) is 0.793. The monoisotopic (exact) mass is 316 g/mol. The summed E-state index contributed by atoms with van der Waals surface area (Å²) in [5.41, 5.74) is 4.27. The summed E-state index contributed by atoms with van der Waals surface area (Å²) in [5.74, 6) is 0. The minimum absolute atomic E-state index is 0.148. The minimum Gasteiger partial charge on any atom is -0.387 e. The van der Waals surface area contributed by atoms with Crippen LogP contribution in [0.4, 0.5) is 10.5 Å². The summed E-state index contributed by atoms with van der Waals surface area (Å²) in [5, 5.41) is 20.0.